The van der Waals surface area contributed by atoms with Gasteiger partial charge in [-0.2, -0.15) is 4.98 Å². The zero-order valence-corrected chi connectivity index (χ0v) is 11.8. The quantitative estimate of drug-likeness (QED) is 0.722. The lowest BCUT2D eigenvalue weighted by Crippen LogP contribution is -2.39. The number of morpholine rings is 1. The Morgan fingerprint density at radius 1 is 1.14 bits per heavy atom. The average molecular weight is 284 g/mol. The Labute approximate surface area is 122 Å². The van der Waals surface area contributed by atoms with Crippen LogP contribution in [0, 0.1) is 6.92 Å². The third-order valence-electron chi connectivity index (χ3n) is 3.75. The van der Waals surface area contributed by atoms with Crippen LogP contribution in [-0.4, -0.2) is 24.7 Å². The highest BCUT2D eigenvalue weighted by Gasteiger charge is 2.30. The maximum absolute atomic E-state index is 5.88. The zero-order valence-electron chi connectivity index (χ0n) is 11.8. The maximum Gasteiger partial charge on any atom is 0.299 e. The van der Waals surface area contributed by atoms with Crippen LogP contribution in [0.2, 0.25) is 0 Å². The number of aromatic nitrogens is 1. The molecule has 0 radical (unpaired) electrons. The van der Waals surface area contributed by atoms with E-state index in [4.69, 9.17) is 13.6 Å². The molecule has 5 heteroatoms. The molecule has 1 aliphatic rings. The molecule has 5 nitrogen and oxygen atoms in total. The van der Waals surface area contributed by atoms with Gasteiger partial charge >= 0.3 is 0 Å². The summed E-state index contributed by atoms with van der Waals surface area (Å²) < 4.78 is 17.2. The molecule has 0 aliphatic carbocycles. The predicted molar refractivity (Wildman–Crippen MR) is 78.4 cm³/mol. The molecule has 1 atom stereocenters. The van der Waals surface area contributed by atoms with Crippen molar-refractivity contribution in [2.45, 2.75) is 13.0 Å². The van der Waals surface area contributed by atoms with E-state index in [1.54, 1.807) is 0 Å². The summed E-state index contributed by atoms with van der Waals surface area (Å²) in [6, 6.07) is 12.4. The van der Waals surface area contributed by atoms with Crippen LogP contribution in [0.15, 0.2) is 45.2 Å². The molecular weight excluding hydrogens is 268 g/mol. The van der Waals surface area contributed by atoms with Crippen molar-refractivity contribution >= 4 is 17.1 Å². The molecule has 4 rings (SSSR count). The van der Waals surface area contributed by atoms with Crippen LogP contribution >= 0.6 is 0 Å². The van der Waals surface area contributed by atoms with Gasteiger partial charge in [0.05, 0.1) is 13.2 Å². The highest BCUT2D eigenvalue weighted by Crippen LogP contribution is 2.32. The van der Waals surface area contributed by atoms with Gasteiger partial charge in [0, 0.05) is 6.54 Å². The maximum atomic E-state index is 5.88. The van der Waals surface area contributed by atoms with E-state index < -0.39 is 0 Å². The van der Waals surface area contributed by atoms with E-state index >= 15 is 0 Å². The van der Waals surface area contributed by atoms with Gasteiger partial charge in [0.1, 0.15) is 23.1 Å². The van der Waals surface area contributed by atoms with Gasteiger partial charge in [-0.15, -0.1) is 0 Å². The topological polar surface area (TPSA) is 51.6 Å². The largest absolute Gasteiger partial charge is 0.464 e. The van der Waals surface area contributed by atoms with Crippen LogP contribution in [0.1, 0.15) is 17.6 Å². The second-order valence-electron chi connectivity index (χ2n) is 5.20. The van der Waals surface area contributed by atoms with Crippen LogP contribution in [0.3, 0.4) is 0 Å². The molecular formula is C16H16N2O3. The van der Waals surface area contributed by atoms with Crippen molar-refractivity contribution in [3.63, 3.8) is 0 Å². The molecule has 0 amide bonds. The van der Waals surface area contributed by atoms with E-state index in [2.05, 4.69) is 9.88 Å². The van der Waals surface area contributed by atoms with E-state index in [0.29, 0.717) is 19.2 Å². The minimum Gasteiger partial charge on any atom is -0.464 e. The number of hydrogen-bond donors (Lipinski definition) is 0. The van der Waals surface area contributed by atoms with Gasteiger partial charge in [-0.1, -0.05) is 12.1 Å². The molecule has 0 saturated carbocycles. The van der Waals surface area contributed by atoms with Crippen LogP contribution in [0.5, 0.6) is 0 Å². The molecule has 1 saturated heterocycles. The minimum atomic E-state index is 0.000474. The van der Waals surface area contributed by atoms with Crippen molar-refractivity contribution in [1.29, 1.82) is 0 Å². The van der Waals surface area contributed by atoms with Crippen molar-refractivity contribution in [1.82, 2.24) is 4.98 Å². The first-order valence-corrected chi connectivity index (χ1v) is 7.07. The van der Waals surface area contributed by atoms with Crippen molar-refractivity contribution in [2.24, 2.45) is 0 Å². The number of anilines is 1. The van der Waals surface area contributed by atoms with Crippen LogP contribution in [0.25, 0.3) is 11.1 Å². The van der Waals surface area contributed by atoms with E-state index in [-0.39, 0.29) is 6.04 Å². The molecule has 108 valence electrons. The lowest BCUT2D eigenvalue weighted by Gasteiger charge is -2.33. The molecule has 0 bridgehead atoms. The first kappa shape index (κ1) is 12.5. The van der Waals surface area contributed by atoms with E-state index in [0.717, 1.165) is 29.2 Å². The number of rotatable bonds is 2. The monoisotopic (exact) mass is 284 g/mol. The summed E-state index contributed by atoms with van der Waals surface area (Å²) in [5, 5.41) is 0. The van der Waals surface area contributed by atoms with Crippen LogP contribution in [-0.2, 0) is 4.74 Å². The number of oxazole rings is 1. The fraction of sp³-hybridized carbons (Fsp3) is 0.312. The molecule has 3 aromatic rings. The van der Waals surface area contributed by atoms with Gasteiger partial charge in [0.15, 0.2) is 5.58 Å². The normalized spacial score (nSPS) is 19.3. The molecule has 0 unspecified atom stereocenters. The van der Waals surface area contributed by atoms with Crippen molar-refractivity contribution in [3.05, 3.63) is 47.9 Å². The summed E-state index contributed by atoms with van der Waals surface area (Å²) in [5.74, 6) is 1.78. The Hall–Kier alpha value is -2.27. The van der Waals surface area contributed by atoms with Gasteiger partial charge in [-0.25, -0.2) is 0 Å². The highest BCUT2D eigenvalue weighted by molar-refractivity contribution is 5.74. The smallest absolute Gasteiger partial charge is 0.299 e. The third kappa shape index (κ3) is 2.19. The van der Waals surface area contributed by atoms with Crippen molar-refractivity contribution in [2.75, 3.05) is 24.7 Å². The Bertz CT molecular complexity index is 729. The van der Waals surface area contributed by atoms with Crippen LogP contribution in [0.4, 0.5) is 6.01 Å². The number of benzene rings is 1. The molecule has 21 heavy (non-hydrogen) atoms. The molecule has 1 fully saturated rings. The van der Waals surface area contributed by atoms with Gasteiger partial charge in [0.2, 0.25) is 0 Å². The van der Waals surface area contributed by atoms with E-state index in [1.807, 2.05) is 43.3 Å². The summed E-state index contributed by atoms with van der Waals surface area (Å²) in [5.41, 5.74) is 1.67. The number of furan rings is 1. The zero-order chi connectivity index (χ0) is 14.2. The summed E-state index contributed by atoms with van der Waals surface area (Å²) in [7, 11) is 0. The Morgan fingerprint density at radius 3 is 2.86 bits per heavy atom. The molecule has 0 spiro atoms. The third-order valence-corrected chi connectivity index (χ3v) is 3.75. The summed E-state index contributed by atoms with van der Waals surface area (Å²) in [4.78, 5) is 6.69. The van der Waals surface area contributed by atoms with Crippen molar-refractivity contribution in [3.8, 4) is 0 Å². The number of nitrogens with zero attached hydrogens (tertiary/aromatic N) is 2. The number of para-hydroxylation sites is 2. The fourth-order valence-electron chi connectivity index (χ4n) is 2.68. The predicted octanol–water partition coefficient (Wildman–Crippen LogP) is 3.31. The second kappa shape index (κ2) is 4.93. The second-order valence-corrected chi connectivity index (χ2v) is 5.20. The molecule has 0 N–H and O–H groups in total. The lowest BCUT2D eigenvalue weighted by molar-refractivity contribution is 0.0847. The van der Waals surface area contributed by atoms with Gasteiger partial charge in [-0.05, 0) is 31.2 Å². The summed E-state index contributed by atoms with van der Waals surface area (Å²) in [6.45, 7) is 3.91. The van der Waals surface area contributed by atoms with Gasteiger partial charge in [0.25, 0.3) is 6.01 Å². The number of hydrogen-bond acceptors (Lipinski definition) is 5. The van der Waals surface area contributed by atoms with E-state index in [1.165, 1.54) is 0 Å². The number of ether oxygens (including phenoxy) is 1. The highest BCUT2D eigenvalue weighted by atomic mass is 16.5. The number of fused-ring (bicyclic) bond motifs is 1. The average Bonchev–Trinajstić information content (AvgIpc) is 3.13. The van der Waals surface area contributed by atoms with Crippen molar-refractivity contribution < 1.29 is 13.6 Å². The first-order chi connectivity index (χ1) is 10.3. The standard InChI is InChI=1S/C16H16N2O3/c1-11-6-7-15(20-11)13-10-19-9-8-18(13)16-17-12-4-2-3-5-14(12)21-16/h2-7,13H,8-10H2,1H3/t13-/m1/s1. The summed E-state index contributed by atoms with van der Waals surface area (Å²) in [6.07, 6.45) is 0. The first-order valence-electron chi connectivity index (χ1n) is 7.07. The minimum absolute atomic E-state index is 0.000474. The Kier molecular flexibility index (Phi) is 2.93. The number of aryl methyl sites for hydroxylation is 1. The fourth-order valence-corrected chi connectivity index (χ4v) is 2.68. The molecule has 2 aromatic heterocycles. The molecule has 3 heterocycles. The Morgan fingerprint density at radius 2 is 2.05 bits per heavy atom. The summed E-state index contributed by atoms with van der Waals surface area (Å²) >= 11 is 0. The molecule has 1 aliphatic heterocycles. The SMILES string of the molecule is Cc1ccc([C@H]2COCCN2c2nc3ccccc3o2)o1. The lowest BCUT2D eigenvalue weighted by atomic mass is 10.2. The van der Waals surface area contributed by atoms with Gasteiger partial charge < -0.3 is 18.5 Å². The molecule has 1 aromatic carbocycles. The van der Waals surface area contributed by atoms with Gasteiger partial charge in [-0.3, -0.25) is 0 Å². The van der Waals surface area contributed by atoms with E-state index in [9.17, 15) is 0 Å². The van der Waals surface area contributed by atoms with Crippen LogP contribution < -0.4 is 4.90 Å². The Balaban J connectivity index is 1.73.